The predicted octanol–water partition coefficient (Wildman–Crippen LogP) is 4.92. The number of para-hydroxylation sites is 1. The zero-order valence-corrected chi connectivity index (χ0v) is 14.1. The van der Waals surface area contributed by atoms with Crippen LogP contribution in [0.4, 0.5) is 10.1 Å². The van der Waals surface area contributed by atoms with E-state index in [1.165, 1.54) is 12.1 Å². The van der Waals surface area contributed by atoms with Gasteiger partial charge in [0.05, 0.1) is 6.42 Å². The van der Waals surface area contributed by atoms with Gasteiger partial charge < -0.3 is 10.3 Å². The zero-order valence-electron chi connectivity index (χ0n) is 14.1. The molecule has 0 unspecified atom stereocenters. The number of halogens is 1. The Morgan fingerprint density at radius 1 is 1.25 bits per heavy atom. The summed E-state index contributed by atoms with van der Waals surface area (Å²) >= 11 is 0. The van der Waals surface area contributed by atoms with E-state index in [2.05, 4.69) is 24.1 Å². The first kappa shape index (κ1) is 16.2. The van der Waals surface area contributed by atoms with E-state index >= 15 is 0 Å². The lowest BCUT2D eigenvalue weighted by molar-refractivity contribution is -0.115. The summed E-state index contributed by atoms with van der Waals surface area (Å²) in [6.07, 6.45) is 1.97. The first-order valence-electron chi connectivity index (χ1n) is 8.10. The molecule has 3 nitrogen and oxygen atoms in total. The maximum absolute atomic E-state index is 13.5. The van der Waals surface area contributed by atoms with Gasteiger partial charge in [0.25, 0.3) is 0 Å². The minimum atomic E-state index is -0.301. The number of aromatic nitrogens is 1. The molecule has 4 heteroatoms. The van der Waals surface area contributed by atoms with Crippen LogP contribution in [0, 0.1) is 12.7 Å². The van der Waals surface area contributed by atoms with Crippen LogP contribution in [-0.4, -0.2) is 10.9 Å². The normalized spacial score (nSPS) is 11.2. The summed E-state index contributed by atoms with van der Waals surface area (Å²) < 4.78 is 13.5. The lowest BCUT2D eigenvalue weighted by Crippen LogP contribution is -2.16. The molecule has 0 aliphatic carbocycles. The molecule has 3 aromatic rings. The highest BCUT2D eigenvalue weighted by atomic mass is 19.1. The second-order valence-electron chi connectivity index (χ2n) is 6.42. The molecule has 1 heterocycles. The lowest BCUT2D eigenvalue weighted by Gasteiger charge is -2.16. The molecule has 0 fully saturated rings. The van der Waals surface area contributed by atoms with Crippen molar-refractivity contribution in [1.82, 2.24) is 4.98 Å². The van der Waals surface area contributed by atoms with E-state index in [4.69, 9.17) is 0 Å². The number of carbonyl (C=O) groups is 1. The first-order valence-corrected chi connectivity index (χ1v) is 8.10. The fourth-order valence-electron chi connectivity index (χ4n) is 3.00. The molecular weight excluding hydrogens is 303 g/mol. The summed E-state index contributed by atoms with van der Waals surface area (Å²) in [6.45, 7) is 6.20. The van der Waals surface area contributed by atoms with Crippen LogP contribution in [0.3, 0.4) is 0 Å². The number of hydrogen-bond donors (Lipinski definition) is 2. The van der Waals surface area contributed by atoms with E-state index < -0.39 is 0 Å². The van der Waals surface area contributed by atoms with Gasteiger partial charge in [0, 0.05) is 22.8 Å². The second-order valence-corrected chi connectivity index (χ2v) is 6.42. The van der Waals surface area contributed by atoms with Crippen LogP contribution in [0.15, 0.2) is 42.6 Å². The van der Waals surface area contributed by atoms with Crippen molar-refractivity contribution in [2.45, 2.75) is 33.1 Å². The molecule has 0 bridgehead atoms. The fourth-order valence-corrected chi connectivity index (χ4v) is 3.00. The number of carbonyl (C=O) groups excluding carboxylic acids is 1. The molecule has 24 heavy (non-hydrogen) atoms. The molecule has 1 amide bonds. The van der Waals surface area contributed by atoms with Crippen LogP contribution in [0.2, 0.25) is 0 Å². The van der Waals surface area contributed by atoms with E-state index in [0.717, 1.165) is 33.3 Å². The van der Waals surface area contributed by atoms with E-state index in [1.807, 2.05) is 25.1 Å². The first-order chi connectivity index (χ1) is 11.5. The molecule has 0 atom stereocenters. The van der Waals surface area contributed by atoms with Crippen molar-refractivity contribution in [1.29, 1.82) is 0 Å². The number of rotatable bonds is 4. The van der Waals surface area contributed by atoms with Crippen LogP contribution >= 0.6 is 0 Å². The quantitative estimate of drug-likeness (QED) is 0.703. The Morgan fingerprint density at radius 3 is 2.79 bits per heavy atom. The van der Waals surface area contributed by atoms with E-state index in [-0.39, 0.29) is 18.1 Å². The monoisotopic (exact) mass is 324 g/mol. The van der Waals surface area contributed by atoms with Gasteiger partial charge in [-0.05, 0) is 47.7 Å². The van der Waals surface area contributed by atoms with Crippen molar-refractivity contribution in [3.63, 3.8) is 0 Å². The van der Waals surface area contributed by atoms with Crippen LogP contribution in [0.5, 0.6) is 0 Å². The Labute approximate surface area is 140 Å². The second kappa shape index (κ2) is 6.48. The number of benzene rings is 2. The molecule has 1 aromatic heterocycles. The molecule has 2 N–H and O–H groups in total. The third kappa shape index (κ3) is 3.18. The van der Waals surface area contributed by atoms with Gasteiger partial charge in [-0.2, -0.15) is 0 Å². The Kier molecular flexibility index (Phi) is 4.38. The van der Waals surface area contributed by atoms with Crippen LogP contribution in [0.1, 0.15) is 36.5 Å². The highest BCUT2D eigenvalue weighted by molar-refractivity contribution is 5.96. The standard InChI is InChI=1S/C20H21FN2O/c1-12(2)16-6-4-5-13(3)20(16)23-19(24)9-14-11-22-18-8-7-15(21)10-17(14)18/h4-8,10-12,22H,9H2,1-3H3,(H,23,24). The van der Waals surface area contributed by atoms with E-state index in [9.17, 15) is 9.18 Å². The van der Waals surface area contributed by atoms with Gasteiger partial charge >= 0.3 is 0 Å². The van der Waals surface area contributed by atoms with Crippen molar-refractivity contribution >= 4 is 22.5 Å². The molecular formula is C20H21FN2O. The molecule has 0 radical (unpaired) electrons. The number of aromatic amines is 1. The predicted molar refractivity (Wildman–Crippen MR) is 95.9 cm³/mol. The Morgan fingerprint density at radius 2 is 2.04 bits per heavy atom. The summed E-state index contributed by atoms with van der Waals surface area (Å²) in [5, 5.41) is 3.78. The Hall–Kier alpha value is -2.62. The molecule has 2 aromatic carbocycles. The van der Waals surface area contributed by atoms with Crippen molar-refractivity contribution < 1.29 is 9.18 Å². The summed E-state index contributed by atoms with van der Waals surface area (Å²) in [5.41, 5.74) is 4.66. The molecule has 0 saturated carbocycles. The minimum absolute atomic E-state index is 0.101. The van der Waals surface area contributed by atoms with Gasteiger partial charge in [-0.3, -0.25) is 4.79 Å². The number of fused-ring (bicyclic) bond motifs is 1. The van der Waals surface area contributed by atoms with Gasteiger partial charge in [0.15, 0.2) is 0 Å². The van der Waals surface area contributed by atoms with Gasteiger partial charge in [-0.1, -0.05) is 32.0 Å². The number of nitrogens with one attached hydrogen (secondary N) is 2. The van der Waals surface area contributed by atoms with Crippen molar-refractivity contribution in [3.05, 3.63) is 65.1 Å². The number of amides is 1. The van der Waals surface area contributed by atoms with Crippen LogP contribution < -0.4 is 5.32 Å². The smallest absolute Gasteiger partial charge is 0.228 e. The Balaban J connectivity index is 1.85. The lowest BCUT2D eigenvalue weighted by atomic mass is 9.98. The Bertz CT molecular complexity index is 896. The van der Waals surface area contributed by atoms with Crippen molar-refractivity contribution in [2.24, 2.45) is 0 Å². The molecule has 3 rings (SSSR count). The average Bonchev–Trinajstić information content (AvgIpc) is 2.91. The highest BCUT2D eigenvalue weighted by Gasteiger charge is 2.14. The number of H-pyrrole nitrogens is 1. The summed E-state index contributed by atoms with van der Waals surface area (Å²) in [4.78, 5) is 15.6. The van der Waals surface area contributed by atoms with Crippen LogP contribution in [-0.2, 0) is 11.2 Å². The van der Waals surface area contributed by atoms with Gasteiger partial charge in [-0.15, -0.1) is 0 Å². The van der Waals surface area contributed by atoms with Crippen molar-refractivity contribution in [2.75, 3.05) is 5.32 Å². The van der Waals surface area contributed by atoms with Gasteiger partial charge in [0.2, 0.25) is 5.91 Å². The largest absolute Gasteiger partial charge is 0.361 e. The number of hydrogen-bond acceptors (Lipinski definition) is 1. The summed E-state index contributed by atoms with van der Waals surface area (Å²) in [7, 11) is 0. The van der Waals surface area contributed by atoms with E-state index in [1.54, 1.807) is 12.3 Å². The van der Waals surface area contributed by atoms with Crippen LogP contribution in [0.25, 0.3) is 10.9 Å². The molecule has 124 valence electrons. The van der Waals surface area contributed by atoms with Gasteiger partial charge in [-0.25, -0.2) is 4.39 Å². The molecule has 0 saturated heterocycles. The van der Waals surface area contributed by atoms with Crippen molar-refractivity contribution in [3.8, 4) is 0 Å². The number of anilines is 1. The maximum atomic E-state index is 13.5. The third-order valence-corrected chi connectivity index (χ3v) is 4.27. The molecule has 0 aliphatic rings. The third-order valence-electron chi connectivity index (χ3n) is 4.27. The topological polar surface area (TPSA) is 44.9 Å². The average molecular weight is 324 g/mol. The fraction of sp³-hybridized carbons (Fsp3) is 0.250. The highest BCUT2D eigenvalue weighted by Crippen LogP contribution is 2.28. The van der Waals surface area contributed by atoms with E-state index in [0.29, 0.717) is 5.92 Å². The summed E-state index contributed by atoms with van der Waals surface area (Å²) in [5.74, 6) is -0.0801. The molecule has 0 aliphatic heterocycles. The molecule has 0 spiro atoms. The number of aryl methyl sites for hydroxylation is 1. The maximum Gasteiger partial charge on any atom is 0.228 e. The van der Waals surface area contributed by atoms with Gasteiger partial charge in [0.1, 0.15) is 5.82 Å². The zero-order chi connectivity index (χ0) is 17.3. The minimum Gasteiger partial charge on any atom is -0.361 e. The SMILES string of the molecule is Cc1cccc(C(C)C)c1NC(=O)Cc1c[nH]c2ccc(F)cc12. The summed E-state index contributed by atoms with van der Waals surface area (Å²) in [6, 6.07) is 10.6.